The minimum absolute atomic E-state index is 0.0278. The van der Waals surface area contributed by atoms with Crippen molar-refractivity contribution in [2.75, 3.05) is 7.05 Å². The number of likely N-dealkylation sites (N-methyl/N-ethyl adjacent to an activating group) is 1. The highest BCUT2D eigenvalue weighted by Gasteiger charge is 2.35. The summed E-state index contributed by atoms with van der Waals surface area (Å²) in [6, 6.07) is 7.93. The number of nitrogens with one attached hydrogen (secondary N) is 1. The monoisotopic (exact) mass is 432 g/mol. The summed E-state index contributed by atoms with van der Waals surface area (Å²) >= 11 is 0. The second kappa shape index (κ2) is 11.2. The molecule has 0 spiro atoms. The molecule has 1 aliphatic rings. The lowest BCUT2D eigenvalue weighted by atomic mass is 9.83. The molecule has 0 radical (unpaired) electrons. The Morgan fingerprint density at radius 3 is 2.29 bits per heavy atom. The topological polar surface area (TPSA) is 84.9 Å². The van der Waals surface area contributed by atoms with E-state index in [2.05, 4.69) is 5.32 Å². The summed E-state index contributed by atoms with van der Waals surface area (Å²) in [6.07, 6.45) is 4.32. The molecule has 0 bridgehead atoms. The van der Waals surface area contributed by atoms with Crippen molar-refractivity contribution in [2.45, 2.75) is 84.1 Å². The Morgan fingerprint density at radius 2 is 1.71 bits per heavy atom. The normalized spacial score (nSPS) is 16.7. The molecule has 0 unspecified atom stereocenters. The van der Waals surface area contributed by atoms with Crippen molar-refractivity contribution < 1.29 is 23.9 Å². The second-order valence-corrected chi connectivity index (χ2v) is 9.24. The number of benzene rings is 1. The maximum atomic E-state index is 12.9. The van der Waals surface area contributed by atoms with E-state index in [0.29, 0.717) is 0 Å². The number of carbonyl (C=O) groups is 3. The molecule has 2 atom stereocenters. The van der Waals surface area contributed by atoms with Crippen LogP contribution in [0, 0.1) is 5.92 Å². The van der Waals surface area contributed by atoms with Gasteiger partial charge in [0.1, 0.15) is 24.3 Å². The highest BCUT2D eigenvalue weighted by molar-refractivity contribution is 5.89. The van der Waals surface area contributed by atoms with Crippen molar-refractivity contribution >= 4 is 18.0 Å². The van der Waals surface area contributed by atoms with Crippen LogP contribution in [0.5, 0.6) is 0 Å². The van der Waals surface area contributed by atoms with Gasteiger partial charge in [-0.2, -0.15) is 0 Å². The van der Waals surface area contributed by atoms with Gasteiger partial charge in [0.25, 0.3) is 0 Å². The van der Waals surface area contributed by atoms with Crippen LogP contribution >= 0.6 is 0 Å². The maximum absolute atomic E-state index is 12.9. The van der Waals surface area contributed by atoms with Crippen LogP contribution in [0.25, 0.3) is 0 Å². The van der Waals surface area contributed by atoms with Crippen LogP contribution in [0.2, 0.25) is 0 Å². The van der Waals surface area contributed by atoms with E-state index < -0.39 is 35.7 Å². The fourth-order valence-corrected chi connectivity index (χ4v) is 3.60. The number of nitrogens with zero attached hydrogens (tertiary/aromatic N) is 1. The van der Waals surface area contributed by atoms with E-state index in [1.165, 1.54) is 11.9 Å². The van der Waals surface area contributed by atoms with Crippen LogP contribution in [0.1, 0.15) is 65.4 Å². The zero-order valence-corrected chi connectivity index (χ0v) is 19.3. The highest BCUT2D eigenvalue weighted by atomic mass is 16.6. The van der Waals surface area contributed by atoms with Gasteiger partial charge in [-0.05, 0) is 52.0 Å². The molecule has 172 valence electrons. The van der Waals surface area contributed by atoms with E-state index in [-0.39, 0.29) is 12.5 Å². The zero-order valence-electron chi connectivity index (χ0n) is 19.3. The van der Waals surface area contributed by atoms with Crippen molar-refractivity contribution in [1.82, 2.24) is 10.2 Å². The second-order valence-electron chi connectivity index (χ2n) is 9.24. The molecule has 1 aliphatic carbocycles. The van der Waals surface area contributed by atoms with Crippen molar-refractivity contribution in [1.29, 1.82) is 0 Å². The molecule has 2 amide bonds. The molecule has 0 heterocycles. The molecule has 0 saturated heterocycles. The first kappa shape index (κ1) is 24.7. The Hall–Kier alpha value is -2.57. The maximum Gasteiger partial charge on any atom is 0.410 e. The summed E-state index contributed by atoms with van der Waals surface area (Å²) in [6.45, 7) is 7.08. The summed E-state index contributed by atoms with van der Waals surface area (Å²) in [5.41, 5.74) is 0.232. The average Bonchev–Trinajstić information content (AvgIpc) is 2.74. The quantitative estimate of drug-likeness (QED) is 0.657. The fourth-order valence-electron chi connectivity index (χ4n) is 3.60. The molecule has 1 N–H and O–H groups in total. The van der Waals surface area contributed by atoms with Crippen LogP contribution < -0.4 is 5.32 Å². The zero-order chi connectivity index (χ0) is 23.0. The predicted molar refractivity (Wildman–Crippen MR) is 118 cm³/mol. The minimum Gasteiger partial charge on any atom is -0.459 e. The summed E-state index contributed by atoms with van der Waals surface area (Å²) < 4.78 is 10.9. The van der Waals surface area contributed by atoms with Crippen molar-refractivity contribution in [2.24, 2.45) is 5.92 Å². The Balaban J connectivity index is 2.04. The van der Waals surface area contributed by atoms with Crippen molar-refractivity contribution in [3.63, 3.8) is 0 Å². The van der Waals surface area contributed by atoms with Crippen LogP contribution in [-0.4, -0.2) is 47.6 Å². The number of esters is 1. The number of amides is 2. The highest BCUT2D eigenvalue weighted by Crippen LogP contribution is 2.27. The van der Waals surface area contributed by atoms with Gasteiger partial charge in [0.05, 0.1) is 0 Å². The largest absolute Gasteiger partial charge is 0.459 e. The lowest BCUT2D eigenvalue weighted by molar-refractivity contribution is -0.151. The van der Waals surface area contributed by atoms with E-state index in [0.717, 1.165) is 37.7 Å². The smallest absolute Gasteiger partial charge is 0.410 e. The van der Waals surface area contributed by atoms with E-state index in [9.17, 15) is 14.4 Å². The summed E-state index contributed by atoms with van der Waals surface area (Å²) in [4.78, 5) is 39.4. The van der Waals surface area contributed by atoms with Crippen LogP contribution in [-0.2, 0) is 25.7 Å². The fraction of sp³-hybridized carbons (Fsp3) is 0.625. The molecule has 7 heteroatoms. The average molecular weight is 433 g/mol. The van der Waals surface area contributed by atoms with Gasteiger partial charge in [0.15, 0.2) is 0 Å². The van der Waals surface area contributed by atoms with Crippen LogP contribution in [0.3, 0.4) is 0 Å². The SMILES string of the molecule is C[C@@H](C(=O)N[C@H](C(=O)OCc1ccccc1)C1CCCCC1)N(C)C(=O)OC(C)(C)C. The first-order valence-electron chi connectivity index (χ1n) is 11.0. The summed E-state index contributed by atoms with van der Waals surface area (Å²) in [7, 11) is 1.52. The molecule has 1 aromatic rings. The van der Waals surface area contributed by atoms with Crippen molar-refractivity contribution in [3.8, 4) is 0 Å². The lowest BCUT2D eigenvalue weighted by Gasteiger charge is -2.32. The van der Waals surface area contributed by atoms with E-state index in [1.54, 1.807) is 27.7 Å². The number of hydrogen-bond donors (Lipinski definition) is 1. The predicted octanol–water partition coefficient (Wildman–Crippen LogP) is 4.05. The Morgan fingerprint density at radius 1 is 1.10 bits per heavy atom. The molecular weight excluding hydrogens is 396 g/mol. The number of ether oxygens (including phenoxy) is 2. The van der Waals surface area contributed by atoms with Gasteiger partial charge in [0.2, 0.25) is 5.91 Å². The van der Waals surface area contributed by atoms with Gasteiger partial charge in [-0.1, -0.05) is 49.6 Å². The van der Waals surface area contributed by atoms with Crippen LogP contribution in [0.15, 0.2) is 30.3 Å². The first-order chi connectivity index (χ1) is 14.6. The molecule has 7 nitrogen and oxygen atoms in total. The van der Waals surface area contributed by atoms with E-state index >= 15 is 0 Å². The molecule has 31 heavy (non-hydrogen) atoms. The molecule has 0 aliphatic heterocycles. The lowest BCUT2D eigenvalue weighted by Crippen LogP contribution is -2.54. The third-order valence-corrected chi connectivity index (χ3v) is 5.54. The number of carbonyl (C=O) groups excluding carboxylic acids is 3. The van der Waals surface area contributed by atoms with Crippen LogP contribution in [0.4, 0.5) is 4.79 Å². The Kier molecular flexibility index (Phi) is 8.89. The summed E-state index contributed by atoms with van der Waals surface area (Å²) in [5, 5.41) is 2.86. The molecule has 1 saturated carbocycles. The molecule has 0 aromatic heterocycles. The van der Waals surface area contributed by atoms with Gasteiger partial charge in [-0.25, -0.2) is 9.59 Å². The molecule has 2 rings (SSSR count). The van der Waals surface area contributed by atoms with Crippen molar-refractivity contribution in [3.05, 3.63) is 35.9 Å². The van der Waals surface area contributed by atoms with Gasteiger partial charge in [-0.3, -0.25) is 9.69 Å². The molecular formula is C24H36N2O5. The first-order valence-corrected chi connectivity index (χ1v) is 11.0. The van der Waals surface area contributed by atoms with Gasteiger partial charge >= 0.3 is 12.1 Å². The van der Waals surface area contributed by atoms with Gasteiger partial charge in [-0.15, -0.1) is 0 Å². The molecule has 1 fully saturated rings. The van der Waals surface area contributed by atoms with E-state index in [4.69, 9.17) is 9.47 Å². The number of rotatable bonds is 7. The summed E-state index contributed by atoms with van der Waals surface area (Å²) in [5.74, 6) is -0.808. The third kappa shape index (κ3) is 7.89. The third-order valence-electron chi connectivity index (χ3n) is 5.54. The Bertz CT molecular complexity index is 738. The minimum atomic E-state index is -0.789. The van der Waals surface area contributed by atoms with E-state index in [1.807, 2.05) is 30.3 Å². The van der Waals surface area contributed by atoms with Gasteiger partial charge in [0, 0.05) is 7.05 Å². The standard InChI is InChI=1S/C24H36N2O5/c1-17(26(5)23(29)31-24(2,3)4)21(27)25-20(19-14-10-7-11-15-19)22(28)30-16-18-12-8-6-9-13-18/h6,8-9,12-13,17,19-20H,7,10-11,14-16H2,1-5H3,(H,25,27)/t17-,20-/m0/s1. The Labute approximate surface area is 185 Å². The number of hydrogen-bond acceptors (Lipinski definition) is 5. The molecule has 1 aromatic carbocycles. The van der Waals surface area contributed by atoms with Gasteiger partial charge < -0.3 is 14.8 Å².